The second-order valence-corrected chi connectivity index (χ2v) is 11.7. The third kappa shape index (κ3) is 4.60. The molecule has 0 saturated heterocycles. The topological polar surface area (TPSA) is 84.3 Å². The largest absolute Gasteiger partial charge is 0.489 e. The first-order valence-corrected chi connectivity index (χ1v) is 14.0. The summed E-state index contributed by atoms with van der Waals surface area (Å²) in [6.45, 7) is 5.02. The summed E-state index contributed by atoms with van der Waals surface area (Å²) < 4.78 is 6.11. The number of aliphatic hydroxyl groups is 1. The normalized spacial score (nSPS) is 29.6. The van der Waals surface area contributed by atoms with E-state index < -0.39 is 6.10 Å². The van der Waals surface area contributed by atoms with Crippen molar-refractivity contribution in [3.8, 4) is 5.75 Å². The van der Waals surface area contributed by atoms with Gasteiger partial charge in [0, 0.05) is 6.20 Å². The molecule has 3 aromatic rings. The molecule has 3 aliphatic rings. The highest BCUT2D eigenvalue weighted by Gasteiger charge is 2.59. The second-order valence-electron chi connectivity index (χ2n) is 11.7. The van der Waals surface area contributed by atoms with Crippen molar-refractivity contribution in [2.24, 2.45) is 23.2 Å². The molecule has 6 heteroatoms. The first-order chi connectivity index (χ1) is 18.4. The number of hydrogen-bond acceptors (Lipinski definition) is 5. The molecular weight excluding hydrogens is 474 g/mol. The summed E-state index contributed by atoms with van der Waals surface area (Å²) in [7, 11) is 0. The summed E-state index contributed by atoms with van der Waals surface area (Å²) in [5, 5.41) is 14.4. The van der Waals surface area contributed by atoms with Gasteiger partial charge in [-0.15, -0.1) is 0 Å². The fourth-order valence-electron chi connectivity index (χ4n) is 7.48. The van der Waals surface area contributed by atoms with Gasteiger partial charge in [0.25, 0.3) is 0 Å². The van der Waals surface area contributed by atoms with Gasteiger partial charge >= 0.3 is 0 Å². The number of nitrogens with zero attached hydrogens (tertiary/aromatic N) is 2. The maximum Gasteiger partial charge on any atom is 0.226 e. The molecule has 0 bridgehead atoms. The van der Waals surface area contributed by atoms with Crippen molar-refractivity contribution < 1.29 is 14.6 Å². The first-order valence-electron chi connectivity index (χ1n) is 14.0. The molecule has 2 N–H and O–H groups in total. The van der Waals surface area contributed by atoms with E-state index in [1.54, 1.807) is 12.4 Å². The van der Waals surface area contributed by atoms with Crippen molar-refractivity contribution in [2.75, 3.05) is 0 Å². The Morgan fingerprint density at radius 3 is 2.76 bits per heavy atom. The predicted molar refractivity (Wildman–Crippen MR) is 145 cm³/mol. The van der Waals surface area contributed by atoms with Crippen LogP contribution in [0.15, 0.2) is 60.9 Å². The molecule has 2 fully saturated rings. The minimum Gasteiger partial charge on any atom is -0.489 e. The van der Waals surface area contributed by atoms with Crippen molar-refractivity contribution in [3.05, 3.63) is 89.0 Å². The quantitative estimate of drug-likeness (QED) is 0.480. The molecule has 0 aliphatic heterocycles. The smallest absolute Gasteiger partial charge is 0.226 e. The Hall–Kier alpha value is -3.25. The Kier molecular flexibility index (Phi) is 6.68. The highest BCUT2D eigenvalue weighted by atomic mass is 16.5. The molecule has 6 unspecified atom stereocenters. The van der Waals surface area contributed by atoms with Gasteiger partial charge in [-0.2, -0.15) is 0 Å². The molecule has 38 heavy (non-hydrogen) atoms. The Morgan fingerprint density at radius 2 is 1.97 bits per heavy atom. The second kappa shape index (κ2) is 10.1. The Morgan fingerprint density at radius 1 is 1.13 bits per heavy atom. The van der Waals surface area contributed by atoms with Crippen LogP contribution in [-0.2, 0) is 24.4 Å². The lowest BCUT2D eigenvalue weighted by Crippen LogP contribution is -2.45. The molecule has 1 heterocycles. The zero-order valence-corrected chi connectivity index (χ0v) is 22.3. The molecule has 6 nitrogen and oxygen atoms in total. The van der Waals surface area contributed by atoms with Crippen LogP contribution in [0.25, 0.3) is 0 Å². The Bertz CT molecular complexity index is 1300. The average molecular weight is 512 g/mol. The van der Waals surface area contributed by atoms with Gasteiger partial charge in [-0.1, -0.05) is 43.3 Å². The standard InChI is InChI=1S/C32H37N3O3/c1-20-16-34-23(17-33-20)18-35-31(37)28-15-29-27-10-8-22-14-24(38-19-21-6-4-3-5-7-21)9-11-25(22)26(27)12-13-32(29,2)30(28)36/h3-7,9,11,14,16-17,26-30,36H,8,10,12-13,15,18-19H2,1-2H3,(H,35,37). The minimum atomic E-state index is -0.618. The van der Waals surface area contributed by atoms with Gasteiger partial charge in [0.15, 0.2) is 0 Å². The Balaban J connectivity index is 1.14. The summed E-state index contributed by atoms with van der Waals surface area (Å²) >= 11 is 0. The molecule has 1 aromatic heterocycles. The van der Waals surface area contributed by atoms with Gasteiger partial charge in [0.1, 0.15) is 12.4 Å². The number of rotatable bonds is 6. The number of nitrogens with one attached hydrogen (secondary N) is 1. The predicted octanol–water partition coefficient (Wildman–Crippen LogP) is 5.12. The number of amides is 1. The number of carbonyl (C=O) groups excluding carboxylic acids is 1. The van der Waals surface area contributed by atoms with Crippen LogP contribution in [0, 0.1) is 30.1 Å². The molecule has 3 aliphatic carbocycles. The van der Waals surface area contributed by atoms with Crippen molar-refractivity contribution in [2.45, 2.75) is 71.1 Å². The fourth-order valence-corrected chi connectivity index (χ4v) is 7.48. The monoisotopic (exact) mass is 511 g/mol. The van der Waals surface area contributed by atoms with Crippen LogP contribution in [0.4, 0.5) is 0 Å². The van der Waals surface area contributed by atoms with Crippen molar-refractivity contribution in [1.29, 1.82) is 0 Å². The Labute approximate surface area is 224 Å². The summed E-state index contributed by atoms with van der Waals surface area (Å²) in [6, 6.07) is 16.9. The average Bonchev–Trinajstić information content (AvgIpc) is 3.22. The van der Waals surface area contributed by atoms with Crippen molar-refractivity contribution >= 4 is 5.91 Å². The maximum absolute atomic E-state index is 13.2. The molecule has 198 valence electrons. The van der Waals surface area contributed by atoms with E-state index in [0.717, 1.165) is 49.2 Å². The van der Waals surface area contributed by atoms with E-state index in [1.807, 2.05) is 25.1 Å². The molecule has 2 aromatic carbocycles. The summed E-state index contributed by atoms with van der Waals surface area (Å²) in [6.07, 6.45) is 7.65. The van der Waals surface area contributed by atoms with Crippen molar-refractivity contribution in [1.82, 2.24) is 15.3 Å². The number of aromatic nitrogens is 2. The molecule has 6 atom stereocenters. The summed E-state index contributed by atoms with van der Waals surface area (Å²) in [4.78, 5) is 21.8. The summed E-state index contributed by atoms with van der Waals surface area (Å²) in [5.74, 6) is 1.80. The maximum atomic E-state index is 13.2. The summed E-state index contributed by atoms with van der Waals surface area (Å²) in [5.41, 5.74) is 5.37. The van der Waals surface area contributed by atoms with E-state index >= 15 is 0 Å². The van der Waals surface area contributed by atoms with Crippen LogP contribution in [0.5, 0.6) is 5.75 Å². The number of aryl methyl sites for hydroxylation is 2. The van der Waals surface area contributed by atoms with Gasteiger partial charge in [-0.3, -0.25) is 14.8 Å². The zero-order valence-electron chi connectivity index (χ0n) is 22.3. The van der Waals surface area contributed by atoms with Crippen LogP contribution in [0.2, 0.25) is 0 Å². The molecule has 0 radical (unpaired) electrons. The lowest BCUT2D eigenvalue weighted by molar-refractivity contribution is -0.129. The van der Waals surface area contributed by atoms with E-state index in [2.05, 4.69) is 52.5 Å². The van der Waals surface area contributed by atoms with Gasteiger partial charge in [0.2, 0.25) is 5.91 Å². The SMILES string of the molecule is Cc1cnc(CNC(=O)C2CC3C4CCc5cc(OCc6ccccc6)ccc5C4CCC3(C)C2O)cn1. The first kappa shape index (κ1) is 25.1. The van der Waals surface area contributed by atoms with E-state index in [-0.39, 0.29) is 17.2 Å². The number of fused-ring (bicyclic) bond motifs is 5. The highest BCUT2D eigenvalue weighted by Crippen LogP contribution is 2.62. The minimum absolute atomic E-state index is 0.0662. The molecule has 2 saturated carbocycles. The van der Waals surface area contributed by atoms with Crippen LogP contribution < -0.4 is 10.1 Å². The van der Waals surface area contributed by atoms with Crippen LogP contribution >= 0.6 is 0 Å². The lowest BCUT2D eigenvalue weighted by Gasteiger charge is -2.50. The number of ether oxygens (including phenoxy) is 1. The fraction of sp³-hybridized carbons (Fsp3) is 0.469. The van der Waals surface area contributed by atoms with Crippen molar-refractivity contribution in [3.63, 3.8) is 0 Å². The van der Waals surface area contributed by atoms with Gasteiger partial charge in [-0.05, 0) is 91.0 Å². The molecule has 0 spiro atoms. The van der Waals surface area contributed by atoms with E-state index in [1.165, 1.54) is 16.7 Å². The van der Waals surface area contributed by atoms with Gasteiger partial charge in [-0.25, -0.2) is 0 Å². The van der Waals surface area contributed by atoms with Crippen LogP contribution in [0.1, 0.15) is 66.6 Å². The number of aliphatic hydroxyl groups excluding tert-OH is 1. The third-order valence-electron chi connectivity index (χ3n) is 9.56. The van der Waals surface area contributed by atoms with E-state index in [0.29, 0.717) is 30.9 Å². The molecule has 6 rings (SSSR count). The number of carbonyl (C=O) groups is 1. The van der Waals surface area contributed by atoms with E-state index in [9.17, 15) is 9.90 Å². The number of benzene rings is 2. The van der Waals surface area contributed by atoms with Gasteiger partial charge in [0.05, 0.1) is 36.2 Å². The van der Waals surface area contributed by atoms with E-state index in [4.69, 9.17) is 4.74 Å². The third-order valence-corrected chi connectivity index (χ3v) is 9.56. The van der Waals surface area contributed by atoms with Crippen LogP contribution in [0.3, 0.4) is 0 Å². The highest BCUT2D eigenvalue weighted by molar-refractivity contribution is 5.79. The number of hydrogen-bond donors (Lipinski definition) is 2. The lowest BCUT2D eigenvalue weighted by atomic mass is 9.55. The molecule has 1 amide bonds. The van der Waals surface area contributed by atoms with Gasteiger partial charge < -0.3 is 15.2 Å². The molecular formula is C32H37N3O3. The zero-order chi connectivity index (χ0) is 26.3. The van der Waals surface area contributed by atoms with Crippen LogP contribution in [-0.4, -0.2) is 27.1 Å².